The van der Waals surface area contributed by atoms with E-state index in [1.165, 1.54) is 0 Å². The summed E-state index contributed by atoms with van der Waals surface area (Å²) in [7, 11) is 1.67. The molecule has 1 spiro atoms. The average Bonchev–Trinajstić information content (AvgIpc) is 2.27. The van der Waals surface area contributed by atoms with Gasteiger partial charge < -0.3 is 15.2 Å². The van der Waals surface area contributed by atoms with Gasteiger partial charge in [-0.3, -0.25) is 0 Å². The SMILES string of the molecule is COc1ccc2c(c1)[C@H](N)CC1(CC(C)C1)O2. The summed E-state index contributed by atoms with van der Waals surface area (Å²) >= 11 is 0. The van der Waals surface area contributed by atoms with Gasteiger partial charge in [-0.1, -0.05) is 6.92 Å². The quantitative estimate of drug-likeness (QED) is 0.811. The van der Waals surface area contributed by atoms with Crippen LogP contribution in [0.5, 0.6) is 11.5 Å². The number of methoxy groups -OCH3 is 1. The van der Waals surface area contributed by atoms with E-state index in [0.717, 1.165) is 42.2 Å². The molecule has 2 aliphatic rings. The van der Waals surface area contributed by atoms with E-state index in [0.29, 0.717) is 0 Å². The number of fused-ring (bicyclic) bond motifs is 1. The Bertz CT molecular complexity index is 438. The van der Waals surface area contributed by atoms with E-state index in [-0.39, 0.29) is 11.6 Å². The molecule has 0 aromatic heterocycles. The van der Waals surface area contributed by atoms with E-state index in [1.54, 1.807) is 7.11 Å². The zero-order valence-electron chi connectivity index (χ0n) is 10.4. The van der Waals surface area contributed by atoms with E-state index in [2.05, 4.69) is 6.92 Å². The highest BCUT2D eigenvalue weighted by atomic mass is 16.5. The van der Waals surface area contributed by atoms with E-state index < -0.39 is 0 Å². The Balaban J connectivity index is 1.92. The number of benzene rings is 1. The Morgan fingerprint density at radius 1 is 1.35 bits per heavy atom. The predicted octanol–water partition coefficient (Wildman–Crippen LogP) is 2.65. The number of rotatable bonds is 1. The maximum atomic E-state index is 6.26. The lowest BCUT2D eigenvalue weighted by Gasteiger charge is -2.50. The van der Waals surface area contributed by atoms with Crippen molar-refractivity contribution in [2.45, 2.75) is 37.8 Å². The highest BCUT2D eigenvalue weighted by Gasteiger charge is 2.48. The Morgan fingerprint density at radius 3 is 2.76 bits per heavy atom. The minimum absolute atomic E-state index is 0.0143. The van der Waals surface area contributed by atoms with Crippen LogP contribution in [0.2, 0.25) is 0 Å². The molecule has 17 heavy (non-hydrogen) atoms. The first kappa shape index (κ1) is 10.9. The lowest BCUT2D eigenvalue weighted by molar-refractivity contribution is -0.0658. The van der Waals surface area contributed by atoms with E-state index >= 15 is 0 Å². The zero-order chi connectivity index (χ0) is 12.0. The summed E-state index contributed by atoms with van der Waals surface area (Å²) in [6.45, 7) is 2.27. The lowest BCUT2D eigenvalue weighted by Crippen LogP contribution is -2.52. The Hall–Kier alpha value is -1.22. The van der Waals surface area contributed by atoms with Crippen LogP contribution < -0.4 is 15.2 Å². The highest BCUT2D eigenvalue weighted by Crippen LogP contribution is 2.50. The third-order valence-electron chi connectivity index (χ3n) is 3.98. The van der Waals surface area contributed by atoms with Crippen molar-refractivity contribution in [3.8, 4) is 11.5 Å². The van der Waals surface area contributed by atoms with Crippen molar-refractivity contribution < 1.29 is 9.47 Å². The molecule has 0 amide bonds. The second-order valence-corrected chi connectivity index (χ2v) is 5.51. The third-order valence-corrected chi connectivity index (χ3v) is 3.98. The molecule has 0 unspecified atom stereocenters. The van der Waals surface area contributed by atoms with Gasteiger partial charge in [0.25, 0.3) is 0 Å². The van der Waals surface area contributed by atoms with Crippen molar-refractivity contribution in [1.29, 1.82) is 0 Å². The Kier molecular flexibility index (Phi) is 2.33. The topological polar surface area (TPSA) is 44.5 Å². The standard InChI is InChI=1S/C14H19NO2/c1-9-6-14(7-9)8-12(15)11-5-10(16-2)3-4-13(11)17-14/h3-5,9,12H,6-8,15H2,1-2H3/t9?,12-,14?/m1/s1. The second-order valence-electron chi connectivity index (χ2n) is 5.51. The molecule has 1 aliphatic carbocycles. The maximum absolute atomic E-state index is 6.26. The summed E-state index contributed by atoms with van der Waals surface area (Å²) in [5.41, 5.74) is 7.36. The fourth-order valence-corrected chi connectivity index (χ4v) is 3.28. The summed E-state index contributed by atoms with van der Waals surface area (Å²) in [5.74, 6) is 2.55. The summed E-state index contributed by atoms with van der Waals surface area (Å²) in [6.07, 6.45) is 3.19. The van der Waals surface area contributed by atoms with Crippen LogP contribution in [0.15, 0.2) is 18.2 Å². The van der Waals surface area contributed by atoms with Crippen LogP contribution >= 0.6 is 0 Å². The maximum Gasteiger partial charge on any atom is 0.125 e. The van der Waals surface area contributed by atoms with Gasteiger partial charge in [0.05, 0.1) is 7.11 Å². The van der Waals surface area contributed by atoms with Crippen LogP contribution in [0.25, 0.3) is 0 Å². The number of ether oxygens (including phenoxy) is 2. The van der Waals surface area contributed by atoms with Gasteiger partial charge in [0.15, 0.2) is 0 Å². The molecule has 3 heteroatoms. The van der Waals surface area contributed by atoms with Crippen molar-refractivity contribution in [3.05, 3.63) is 23.8 Å². The monoisotopic (exact) mass is 233 g/mol. The van der Waals surface area contributed by atoms with Crippen LogP contribution in [0, 0.1) is 5.92 Å². The third kappa shape index (κ3) is 1.69. The van der Waals surface area contributed by atoms with E-state index in [9.17, 15) is 0 Å². The van der Waals surface area contributed by atoms with Crippen molar-refractivity contribution in [1.82, 2.24) is 0 Å². The van der Waals surface area contributed by atoms with E-state index in [4.69, 9.17) is 15.2 Å². The minimum Gasteiger partial charge on any atom is -0.497 e. The molecule has 3 nitrogen and oxygen atoms in total. The Labute approximate surface area is 102 Å². The molecule has 1 atom stereocenters. The van der Waals surface area contributed by atoms with Gasteiger partial charge >= 0.3 is 0 Å². The van der Waals surface area contributed by atoms with Gasteiger partial charge in [-0.25, -0.2) is 0 Å². The fraction of sp³-hybridized carbons (Fsp3) is 0.571. The largest absolute Gasteiger partial charge is 0.497 e. The molecular formula is C14H19NO2. The molecule has 0 bridgehead atoms. The minimum atomic E-state index is 0.0143. The number of hydrogen-bond donors (Lipinski definition) is 1. The van der Waals surface area contributed by atoms with Gasteiger partial charge in [0, 0.05) is 18.0 Å². The Morgan fingerprint density at radius 2 is 2.12 bits per heavy atom. The molecular weight excluding hydrogens is 214 g/mol. The van der Waals surface area contributed by atoms with E-state index in [1.807, 2.05) is 18.2 Å². The molecule has 1 saturated carbocycles. The molecule has 2 N–H and O–H groups in total. The summed E-state index contributed by atoms with van der Waals surface area (Å²) in [6, 6.07) is 5.99. The molecule has 1 aliphatic heterocycles. The molecule has 0 saturated heterocycles. The fourth-order valence-electron chi connectivity index (χ4n) is 3.28. The first-order chi connectivity index (χ1) is 8.12. The van der Waals surface area contributed by atoms with Crippen LogP contribution in [-0.4, -0.2) is 12.7 Å². The molecule has 1 aromatic carbocycles. The van der Waals surface area contributed by atoms with Crippen LogP contribution in [0.3, 0.4) is 0 Å². The molecule has 0 radical (unpaired) electrons. The molecule has 1 heterocycles. The molecule has 1 aromatic rings. The number of nitrogens with two attached hydrogens (primary N) is 1. The van der Waals surface area contributed by atoms with Crippen LogP contribution in [0.4, 0.5) is 0 Å². The second kappa shape index (κ2) is 3.64. The van der Waals surface area contributed by atoms with Gasteiger partial charge in [-0.2, -0.15) is 0 Å². The van der Waals surface area contributed by atoms with Crippen molar-refractivity contribution >= 4 is 0 Å². The summed E-state index contributed by atoms with van der Waals surface area (Å²) in [5, 5.41) is 0. The predicted molar refractivity (Wildman–Crippen MR) is 66.3 cm³/mol. The molecule has 1 fully saturated rings. The highest BCUT2D eigenvalue weighted by molar-refractivity contribution is 5.44. The van der Waals surface area contributed by atoms with Crippen molar-refractivity contribution in [2.24, 2.45) is 11.7 Å². The first-order valence-electron chi connectivity index (χ1n) is 6.24. The average molecular weight is 233 g/mol. The zero-order valence-corrected chi connectivity index (χ0v) is 10.4. The van der Waals surface area contributed by atoms with Crippen LogP contribution in [0.1, 0.15) is 37.8 Å². The summed E-state index contributed by atoms with van der Waals surface area (Å²) < 4.78 is 11.4. The van der Waals surface area contributed by atoms with Gasteiger partial charge in [-0.05, 0) is 37.0 Å². The van der Waals surface area contributed by atoms with Gasteiger partial charge in [-0.15, -0.1) is 0 Å². The van der Waals surface area contributed by atoms with Gasteiger partial charge in [0.1, 0.15) is 17.1 Å². The van der Waals surface area contributed by atoms with Gasteiger partial charge in [0.2, 0.25) is 0 Å². The summed E-state index contributed by atoms with van der Waals surface area (Å²) in [4.78, 5) is 0. The number of hydrogen-bond acceptors (Lipinski definition) is 3. The lowest BCUT2D eigenvalue weighted by atomic mass is 9.67. The first-order valence-corrected chi connectivity index (χ1v) is 6.24. The van der Waals surface area contributed by atoms with Crippen molar-refractivity contribution in [3.63, 3.8) is 0 Å². The van der Waals surface area contributed by atoms with Crippen molar-refractivity contribution in [2.75, 3.05) is 7.11 Å². The normalized spacial score (nSPS) is 34.8. The van der Waals surface area contributed by atoms with Crippen LogP contribution in [-0.2, 0) is 0 Å². The smallest absolute Gasteiger partial charge is 0.125 e. The molecule has 3 rings (SSSR count). The molecule has 92 valence electrons.